The minimum absolute atomic E-state index is 0.117. The summed E-state index contributed by atoms with van der Waals surface area (Å²) in [5.41, 5.74) is 6.89. The van der Waals surface area contributed by atoms with Crippen molar-refractivity contribution in [2.24, 2.45) is 0 Å². The summed E-state index contributed by atoms with van der Waals surface area (Å²) in [6.07, 6.45) is 0. The molecule has 20 heavy (non-hydrogen) atoms. The van der Waals surface area contributed by atoms with Crippen LogP contribution in [0, 0.1) is 6.92 Å². The van der Waals surface area contributed by atoms with Gasteiger partial charge in [-0.1, -0.05) is 11.6 Å². The van der Waals surface area contributed by atoms with Gasteiger partial charge in [-0.3, -0.25) is 4.57 Å². The van der Waals surface area contributed by atoms with Crippen LogP contribution in [0.4, 0.5) is 5.82 Å². The average molecular weight is 359 g/mol. The van der Waals surface area contributed by atoms with Crippen molar-refractivity contribution in [1.29, 1.82) is 0 Å². The van der Waals surface area contributed by atoms with Crippen LogP contribution >= 0.6 is 27.5 Å². The normalized spacial score (nSPS) is 10.6. The van der Waals surface area contributed by atoms with Gasteiger partial charge in [-0.15, -0.1) is 0 Å². The van der Waals surface area contributed by atoms with Crippen molar-refractivity contribution < 1.29 is 9.53 Å². The van der Waals surface area contributed by atoms with Gasteiger partial charge in [-0.25, -0.2) is 9.78 Å². The molecule has 2 rings (SSSR count). The van der Waals surface area contributed by atoms with Gasteiger partial charge in [0.25, 0.3) is 0 Å². The average Bonchev–Trinajstić information content (AvgIpc) is 2.66. The van der Waals surface area contributed by atoms with Crippen LogP contribution in [-0.2, 0) is 4.74 Å². The van der Waals surface area contributed by atoms with Crippen LogP contribution in [0.15, 0.2) is 22.7 Å². The molecule has 106 valence electrons. The zero-order chi connectivity index (χ0) is 14.9. The number of imidazole rings is 1. The third kappa shape index (κ3) is 2.66. The number of hydrogen-bond acceptors (Lipinski definition) is 4. The zero-order valence-electron chi connectivity index (χ0n) is 11.0. The van der Waals surface area contributed by atoms with Crippen LogP contribution in [0.25, 0.3) is 5.69 Å². The molecule has 7 heteroatoms. The molecule has 0 spiro atoms. The maximum Gasteiger partial charge on any atom is 0.360 e. The van der Waals surface area contributed by atoms with E-state index < -0.39 is 5.97 Å². The van der Waals surface area contributed by atoms with Crippen molar-refractivity contribution in [2.45, 2.75) is 13.8 Å². The number of benzene rings is 1. The summed E-state index contributed by atoms with van der Waals surface area (Å²) in [4.78, 5) is 16.0. The predicted molar refractivity (Wildman–Crippen MR) is 81.4 cm³/mol. The van der Waals surface area contributed by atoms with E-state index in [0.29, 0.717) is 10.8 Å². The number of anilines is 1. The van der Waals surface area contributed by atoms with Crippen molar-refractivity contribution in [3.8, 4) is 5.69 Å². The minimum atomic E-state index is -0.531. The van der Waals surface area contributed by atoms with E-state index in [9.17, 15) is 4.79 Å². The molecule has 0 saturated carbocycles. The number of carbonyl (C=O) groups is 1. The van der Waals surface area contributed by atoms with E-state index in [4.69, 9.17) is 22.1 Å². The van der Waals surface area contributed by atoms with E-state index in [0.717, 1.165) is 10.2 Å². The van der Waals surface area contributed by atoms with Crippen molar-refractivity contribution >= 4 is 39.3 Å². The van der Waals surface area contributed by atoms with E-state index in [1.54, 1.807) is 36.6 Å². The number of nitrogen functional groups attached to an aromatic ring is 1. The molecule has 5 nitrogen and oxygen atoms in total. The molecule has 0 aliphatic rings. The molecule has 0 radical (unpaired) electrons. The number of carbonyl (C=O) groups excluding carboxylic acids is 1. The highest BCUT2D eigenvalue weighted by Crippen LogP contribution is 2.29. The first-order valence-corrected chi connectivity index (χ1v) is 7.10. The Morgan fingerprint density at radius 3 is 2.85 bits per heavy atom. The summed E-state index contributed by atoms with van der Waals surface area (Å²) in [7, 11) is 0. The number of nitrogens with zero attached hydrogens (tertiary/aromatic N) is 2. The molecule has 0 fully saturated rings. The van der Waals surface area contributed by atoms with Crippen LogP contribution in [-0.4, -0.2) is 22.1 Å². The van der Waals surface area contributed by atoms with E-state index in [1.165, 1.54) is 0 Å². The Bertz CT molecular complexity index is 670. The van der Waals surface area contributed by atoms with Gasteiger partial charge >= 0.3 is 5.97 Å². The predicted octanol–water partition coefficient (Wildman–Crippen LogP) is 3.36. The Balaban J connectivity index is 2.55. The zero-order valence-corrected chi connectivity index (χ0v) is 13.3. The van der Waals surface area contributed by atoms with Crippen LogP contribution in [0.5, 0.6) is 0 Å². The Labute approximate surface area is 129 Å². The summed E-state index contributed by atoms with van der Waals surface area (Å²) in [5, 5.41) is 0.600. The van der Waals surface area contributed by atoms with E-state index in [-0.39, 0.29) is 18.1 Å². The number of ether oxygens (including phenoxy) is 1. The van der Waals surface area contributed by atoms with Crippen LogP contribution in [0.3, 0.4) is 0 Å². The van der Waals surface area contributed by atoms with Crippen LogP contribution in [0.2, 0.25) is 5.02 Å². The summed E-state index contributed by atoms with van der Waals surface area (Å²) < 4.78 is 7.37. The summed E-state index contributed by atoms with van der Waals surface area (Å²) in [6.45, 7) is 3.77. The molecule has 1 aromatic carbocycles. The number of esters is 1. The van der Waals surface area contributed by atoms with Gasteiger partial charge in [0.15, 0.2) is 5.69 Å². The Kier molecular flexibility index (Phi) is 4.35. The first-order valence-electron chi connectivity index (χ1n) is 5.93. The molecule has 0 atom stereocenters. The summed E-state index contributed by atoms with van der Waals surface area (Å²) in [6, 6.07) is 5.29. The highest BCUT2D eigenvalue weighted by molar-refractivity contribution is 9.10. The lowest BCUT2D eigenvalue weighted by Crippen LogP contribution is -2.09. The monoisotopic (exact) mass is 357 g/mol. The third-order valence-electron chi connectivity index (χ3n) is 2.70. The molecule has 0 amide bonds. The van der Waals surface area contributed by atoms with Crippen LogP contribution in [0.1, 0.15) is 23.2 Å². The second-order valence-electron chi connectivity index (χ2n) is 4.04. The smallest absolute Gasteiger partial charge is 0.360 e. The largest absolute Gasteiger partial charge is 0.461 e. The summed E-state index contributed by atoms with van der Waals surface area (Å²) >= 11 is 9.35. The van der Waals surface area contributed by atoms with Gasteiger partial charge in [0.2, 0.25) is 0 Å². The highest BCUT2D eigenvalue weighted by Gasteiger charge is 2.21. The van der Waals surface area contributed by atoms with E-state index in [2.05, 4.69) is 20.9 Å². The number of nitrogens with two attached hydrogens (primary N) is 1. The highest BCUT2D eigenvalue weighted by atomic mass is 79.9. The van der Waals surface area contributed by atoms with Gasteiger partial charge < -0.3 is 10.5 Å². The van der Waals surface area contributed by atoms with Crippen molar-refractivity contribution in [3.63, 3.8) is 0 Å². The number of halogens is 2. The number of rotatable bonds is 3. The lowest BCUT2D eigenvalue weighted by molar-refractivity contribution is 0.0521. The third-order valence-corrected chi connectivity index (χ3v) is 3.57. The van der Waals surface area contributed by atoms with E-state index in [1.807, 2.05) is 0 Å². The molecular weight excluding hydrogens is 346 g/mol. The fraction of sp³-hybridized carbons (Fsp3) is 0.231. The van der Waals surface area contributed by atoms with Crippen molar-refractivity contribution in [1.82, 2.24) is 9.55 Å². The second kappa shape index (κ2) is 5.85. The maximum atomic E-state index is 11.8. The molecule has 2 aromatic rings. The Morgan fingerprint density at radius 2 is 2.25 bits per heavy atom. The fourth-order valence-corrected chi connectivity index (χ4v) is 2.73. The molecule has 0 bridgehead atoms. The Hall–Kier alpha value is -1.53. The Morgan fingerprint density at radius 1 is 1.55 bits per heavy atom. The molecule has 0 unspecified atom stereocenters. The van der Waals surface area contributed by atoms with Gasteiger partial charge in [-0.2, -0.15) is 0 Å². The number of aryl methyl sites for hydroxylation is 1. The molecule has 1 aromatic heterocycles. The first-order chi connectivity index (χ1) is 9.45. The maximum absolute atomic E-state index is 11.8. The minimum Gasteiger partial charge on any atom is -0.461 e. The van der Waals surface area contributed by atoms with Crippen molar-refractivity contribution in [3.05, 3.63) is 39.2 Å². The SMILES string of the molecule is CCOC(=O)c1nc(C)n(-c2ccc(Cl)cc2Br)c1N. The quantitative estimate of drug-likeness (QED) is 0.854. The standard InChI is InChI=1S/C13H13BrClN3O2/c1-3-20-13(19)11-12(16)18(7(2)17-11)10-5-4-8(15)6-9(10)14/h4-6H,3,16H2,1-2H3. The van der Waals surface area contributed by atoms with Gasteiger partial charge in [-0.05, 0) is 48.0 Å². The molecule has 0 aliphatic heterocycles. The lowest BCUT2D eigenvalue weighted by atomic mass is 10.3. The fourth-order valence-electron chi connectivity index (χ4n) is 1.87. The number of hydrogen-bond donors (Lipinski definition) is 1. The summed E-state index contributed by atoms with van der Waals surface area (Å²) in [5.74, 6) is 0.300. The van der Waals surface area contributed by atoms with E-state index >= 15 is 0 Å². The second-order valence-corrected chi connectivity index (χ2v) is 5.34. The van der Waals surface area contributed by atoms with Gasteiger partial charge in [0.05, 0.1) is 12.3 Å². The van der Waals surface area contributed by atoms with Crippen molar-refractivity contribution in [2.75, 3.05) is 12.3 Å². The van der Waals surface area contributed by atoms with Gasteiger partial charge in [0.1, 0.15) is 11.6 Å². The molecule has 0 aliphatic carbocycles. The number of aromatic nitrogens is 2. The van der Waals surface area contributed by atoms with Gasteiger partial charge in [0, 0.05) is 9.50 Å². The molecule has 2 N–H and O–H groups in total. The molecule has 0 saturated heterocycles. The molecule has 1 heterocycles. The molecular formula is C13H13BrClN3O2. The van der Waals surface area contributed by atoms with Crippen LogP contribution < -0.4 is 5.73 Å². The first kappa shape index (κ1) is 14.9. The topological polar surface area (TPSA) is 70.1 Å². The lowest BCUT2D eigenvalue weighted by Gasteiger charge is -2.10.